The van der Waals surface area contributed by atoms with Gasteiger partial charge in [0.1, 0.15) is 41.8 Å². The molecule has 0 saturated carbocycles. The zero-order chi connectivity index (χ0) is 30.0. The number of hydrogen-bond acceptors (Lipinski definition) is 6. The Morgan fingerprint density at radius 3 is 2.45 bits per heavy atom. The molecule has 3 atom stereocenters. The van der Waals surface area contributed by atoms with E-state index in [-0.39, 0.29) is 24.1 Å². The molecule has 0 unspecified atom stereocenters. The number of benzene rings is 3. The minimum absolute atomic E-state index is 0.0813. The van der Waals surface area contributed by atoms with E-state index >= 15 is 0 Å². The van der Waals surface area contributed by atoms with Crippen LogP contribution in [0.3, 0.4) is 0 Å². The summed E-state index contributed by atoms with van der Waals surface area (Å²) >= 11 is 3.29. The molecule has 0 radical (unpaired) electrons. The number of aromatic nitrogens is 4. The third kappa shape index (κ3) is 5.89. The van der Waals surface area contributed by atoms with E-state index in [2.05, 4.69) is 25.9 Å². The molecule has 3 aromatic carbocycles. The van der Waals surface area contributed by atoms with E-state index < -0.39 is 30.3 Å². The molecule has 0 aliphatic heterocycles. The fourth-order valence-electron chi connectivity index (χ4n) is 4.95. The van der Waals surface area contributed by atoms with Crippen molar-refractivity contribution >= 4 is 15.9 Å². The number of nitrogens with one attached hydrogen (secondary N) is 2. The van der Waals surface area contributed by atoms with Gasteiger partial charge < -0.3 is 30.0 Å². The number of ether oxygens (including phenoxy) is 1. The van der Waals surface area contributed by atoms with Crippen LogP contribution in [0.5, 0.6) is 11.6 Å². The highest BCUT2D eigenvalue weighted by atomic mass is 79.9. The molecule has 11 heteroatoms. The molecule has 0 aliphatic rings. The second-order valence-electron chi connectivity index (χ2n) is 10.0. The van der Waals surface area contributed by atoms with Crippen molar-refractivity contribution in [2.75, 3.05) is 13.2 Å². The standard InChI is InChI=1S/C31H30BrFN4O5/c1-17(19-6-4-3-5-7-19)28(29-34-18(2)26(35-29)24-13-10-21(32)14-25(24)33)37-30(40)27(36-31(37)41)20-8-11-23(12-9-20)42-16-22(39)15-38/h3-14,17,22,28,38-40H,15-16H2,1-2H3,(H,34,35)(H,36,41)/t17-,22+,28-/m0/s1. The van der Waals surface area contributed by atoms with Crippen LogP contribution in [-0.4, -0.2) is 54.2 Å². The summed E-state index contributed by atoms with van der Waals surface area (Å²) < 4.78 is 22.2. The lowest BCUT2D eigenvalue weighted by molar-refractivity contribution is 0.0536. The SMILES string of the molecule is Cc1[nH]c([C@H]([C@@H](C)c2ccccc2)n2c(O)c(-c3ccc(OC[C@H](O)CO)cc3)[nH]c2=O)nc1-c1ccc(Br)cc1F. The lowest BCUT2D eigenvalue weighted by atomic mass is 9.92. The fraction of sp³-hybridized carbons (Fsp3) is 0.226. The summed E-state index contributed by atoms with van der Waals surface area (Å²) in [4.78, 5) is 24.3. The van der Waals surface area contributed by atoms with Crippen LogP contribution >= 0.6 is 15.9 Å². The first-order valence-electron chi connectivity index (χ1n) is 13.3. The van der Waals surface area contributed by atoms with Crippen molar-refractivity contribution < 1.29 is 24.4 Å². The Morgan fingerprint density at radius 2 is 1.79 bits per heavy atom. The van der Waals surface area contributed by atoms with Crippen LogP contribution < -0.4 is 10.4 Å². The quantitative estimate of drug-likeness (QED) is 0.142. The maximum absolute atomic E-state index is 14.9. The van der Waals surface area contributed by atoms with Crippen LogP contribution in [0.2, 0.25) is 0 Å². The number of hydrogen-bond donors (Lipinski definition) is 5. The van der Waals surface area contributed by atoms with Crippen LogP contribution in [0.15, 0.2) is 82.1 Å². The number of imidazole rings is 2. The van der Waals surface area contributed by atoms with Crippen LogP contribution in [0, 0.1) is 12.7 Å². The lowest BCUT2D eigenvalue weighted by Crippen LogP contribution is -2.27. The van der Waals surface area contributed by atoms with Crippen molar-refractivity contribution in [1.29, 1.82) is 0 Å². The number of rotatable bonds is 10. The maximum Gasteiger partial charge on any atom is 0.329 e. The van der Waals surface area contributed by atoms with Crippen molar-refractivity contribution in [2.45, 2.75) is 31.9 Å². The first-order chi connectivity index (χ1) is 20.2. The Hall–Kier alpha value is -4.19. The number of aromatic hydroxyl groups is 1. The highest BCUT2D eigenvalue weighted by Crippen LogP contribution is 2.39. The second kappa shape index (κ2) is 12.4. The van der Waals surface area contributed by atoms with Crippen LogP contribution in [0.4, 0.5) is 4.39 Å². The summed E-state index contributed by atoms with van der Waals surface area (Å²) in [6, 6.07) is 20.1. The van der Waals surface area contributed by atoms with Crippen LogP contribution in [0.1, 0.15) is 36.0 Å². The van der Waals surface area contributed by atoms with Crippen molar-refractivity contribution in [3.63, 3.8) is 0 Å². The maximum atomic E-state index is 14.9. The average molecular weight is 638 g/mol. The number of aliphatic hydroxyl groups excluding tert-OH is 2. The van der Waals surface area contributed by atoms with E-state index in [4.69, 9.17) is 14.8 Å². The molecule has 5 rings (SSSR count). The van der Waals surface area contributed by atoms with E-state index in [1.807, 2.05) is 37.3 Å². The van der Waals surface area contributed by atoms with Crippen molar-refractivity contribution in [2.24, 2.45) is 0 Å². The molecule has 5 N–H and O–H groups in total. The van der Waals surface area contributed by atoms with E-state index in [9.17, 15) is 19.4 Å². The highest BCUT2D eigenvalue weighted by Gasteiger charge is 2.32. The molecule has 0 amide bonds. The molecular weight excluding hydrogens is 607 g/mol. The van der Waals surface area contributed by atoms with Crippen molar-refractivity contribution in [1.82, 2.24) is 19.5 Å². The van der Waals surface area contributed by atoms with Crippen molar-refractivity contribution in [3.8, 4) is 34.1 Å². The summed E-state index contributed by atoms with van der Waals surface area (Å²) in [5.41, 5.74) is 2.42. The Labute approximate surface area is 249 Å². The molecule has 2 aromatic heterocycles. The molecule has 2 heterocycles. The molecule has 9 nitrogen and oxygen atoms in total. The number of H-pyrrole nitrogens is 2. The van der Waals surface area contributed by atoms with Gasteiger partial charge in [0.25, 0.3) is 0 Å². The molecule has 0 fully saturated rings. The average Bonchev–Trinajstić information content (AvgIpc) is 3.51. The molecule has 5 aromatic rings. The molecule has 0 bridgehead atoms. The minimum atomic E-state index is -1.01. The number of halogens is 2. The van der Waals surface area contributed by atoms with Crippen LogP contribution in [-0.2, 0) is 0 Å². The summed E-state index contributed by atoms with van der Waals surface area (Å²) in [5.74, 6) is -0.236. The van der Waals surface area contributed by atoms with Gasteiger partial charge in [0, 0.05) is 27.2 Å². The third-order valence-electron chi connectivity index (χ3n) is 7.15. The zero-order valence-corrected chi connectivity index (χ0v) is 24.5. The van der Waals surface area contributed by atoms with Gasteiger partial charge >= 0.3 is 5.69 Å². The van der Waals surface area contributed by atoms with E-state index in [1.165, 1.54) is 10.6 Å². The van der Waals surface area contributed by atoms with Gasteiger partial charge in [-0.2, -0.15) is 0 Å². The third-order valence-corrected chi connectivity index (χ3v) is 7.64. The van der Waals surface area contributed by atoms with Gasteiger partial charge in [-0.15, -0.1) is 0 Å². The Balaban J connectivity index is 1.58. The largest absolute Gasteiger partial charge is 0.493 e. The van der Waals surface area contributed by atoms with E-state index in [0.29, 0.717) is 38.6 Å². The number of nitrogens with zero attached hydrogens (tertiary/aromatic N) is 2. The molecule has 0 aliphatic carbocycles. The lowest BCUT2D eigenvalue weighted by Gasteiger charge is -2.24. The molecular formula is C31H30BrFN4O5. The van der Waals surface area contributed by atoms with Crippen LogP contribution in [0.25, 0.3) is 22.5 Å². The van der Waals surface area contributed by atoms with Crippen molar-refractivity contribution in [3.05, 3.63) is 111 Å². The zero-order valence-electron chi connectivity index (χ0n) is 22.9. The fourth-order valence-corrected chi connectivity index (χ4v) is 5.28. The predicted octanol–water partition coefficient (Wildman–Crippen LogP) is 5.27. The van der Waals surface area contributed by atoms with Gasteiger partial charge in [-0.25, -0.2) is 14.2 Å². The molecule has 0 saturated heterocycles. The smallest absolute Gasteiger partial charge is 0.329 e. The summed E-state index contributed by atoms with van der Waals surface area (Å²) in [6.07, 6.45) is -1.01. The van der Waals surface area contributed by atoms with Gasteiger partial charge in [0.2, 0.25) is 5.88 Å². The second-order valence-corrected chi connectivity index (χ2v) is 11.0. The number of aromatic amines is 2. The summed E-state index contributed by atoms with van der Waals surface area (Å²) in [6.45, 7) is 3.22. The number of aliphatic hydroxyl groups is 2. The van der Waals surface area contributed by atoms with Gasteiger partial charge in [0.15, 0.2) is 0 Å². The Morgan fingerprint density at radius 1 is 1.07 bits per heavy atom. The number of aryl methyl sites for hydroxylation is 1. The molecule has 0 spiro atoms. The van der Waals surface area contributed by atoms with Gasteiger partial charge in [-0.3, -0.25) is 4.57 Å². The van der Waals surface area contributed by atoms with Gasteiger partial charge in [-0.05, 0) is 55.0 Å². The molecule has 218 valence electrons. The molecule has 42 heavy (non-hydrogen) atoms. The Kier molecular flexibility index (Phi) is 8.62. The highest BCUT2D eigenvalue weighted by molar-refractivity contribution is 9.10. The summed E-state index contributed by atoms with van der Waals surface area (Å²) in [7, 11) is 0. The van der Waals surface area contributed by atoms with E-state index in [1.54, 1.807) is 43.3 Å². The predicted molar refractivity (Wildman–Crippen MR) is 160 cm³/mol. The normalized spacial score (nSPS) is 13.6. The monoisotopic (exact) mass is 636 g/mol. The van der Waals surface area contributed by atoms with Gasteiger partial charge in [0.05, 0.1) is 12.3 Å². The van der Waals surface area contributed by atoms with E-state index in [0.717, 1.165) is 5.56 Å². The Bertz CT molecular complexity index is 1730. The first kappa shape index (κ1) is 29.3. The summed E-state index contributed by atoms with van der Waals surface area (Å²) in [5, 5.41) is 30.0. The van der Waals surface area contributed by atoms with Gasteiger partial charge in [-0.1, -0.05) is 53.2 Å². The first-order valence-corrected chi connectivity index (χ1v) is 14.1. The topological polar surface area (TPSA) is 136 Å². The minimum Gasteiger partial charge on any atom is -0.493 e.